The zero-order chi connectivity index (χ0) is 12.1. The maximum Gasteiger partial charge on any atom is 0.257 e. The van der Waals surface area contributed by atoms with Crippen molar-refractivity contribution in [2.24, 2.45) is 0 Å². The average molecular weight is 230 g/mol. The number of nitrogens with zero attached hydrogens (tertiary/aromatic N) is 2. The highest BCUT2D eigenvalue weighted by molar-refractivity contribution is 5.93. The van der Waals surface area contributed by atoms with Crippen LogP contribution in [0.5, 0.6) is 0 Å². The van der Waals surface area contributed by atoms with Crippen LogP contribution in [0.15, 0.2) is 41.6 Å². The summed E-state index contributed by atoms with van der Waals surface area (Å²) in [5.41, 5.74) is 0.394. The van der Waals surface area contributed by atoms with Crippen molar-refractivity contribution >= 4 is 5.91 Å². The number of aromatic nitrogens is 3. The second kappa shape index (κ2) is 5.02. The van der Waals surface area contributed by atoms with Gasteiger partial charge in [0, 0.05) is 24.7 Å². The van der Waals surface area contributed by atoms with Crippen LogP contribution in [0, 0.1) is 0 Å². The number of rotatable bonds is 3. The number of pyridine rings is 1. The third-order valence-corrected chi connectivity index (χ3v) is 2.13. The summed E-state index contributed by atoms with van der Waals surface area (Å²) in [5, 5.41) is 10.1. The van der Waals surface area contributed by atoms with Crippen LogP contribution in [0.2, 0.25) is 0 Å². The molecule has 0 atom stereocenters. The van der Waals surface area contributed by atoms with E-state index in [1.807, 2.05) is 0 Å². The van der Waals surface area contributed by atoms with Gasteiger partial charge in [-0.15, -0.1) is 0 Å². The third-order valence-electron chi connectivity index (χ3n) is 2.13. The maximum absolute atomic E-state index is 11.7. The van der Waals surface area contributed by atoms with Gasteiger partial charge in [0.05, 0.1) is 12.2 Å². The van der Waals surface area contributed by atoms with Crippen molar-refractivity contribution in [3.63, 3.8) is 0 Å². The largest absolute Gasteiger partial charge is 0.367 e. The summed E-state index contributed by atoms with van der Waals surface area (Å²) in [6, 6.07) is 4.77. The Balaban J connectivity index is 2.04. The summed E-state index contributed by atoms with van der Waals surface area (Å²) in [6.45, 7) is 0.237. The molecule has 2 rings (SSSR count). The minimum Gasteiger partial charge on any atom is -0.367 e. The first-order chi connectivity index (χ1) is 8.27. The Morgan fingerprint density at radius 2 is 2.29 bits per heavy atom. The quantitative estimate of drug-likeness (QED) is 0.782. The van der Waals surface area contributed by atoms with Gasteiger partial charge in [0.2, 0.25) is 0 Å². The molecule has 2 heterocycles. The Morgan fingerprint density at radius 3 is 3.00 bits per heavy atom. The number of hydrogen-bond donors (Lipinski definition) is 2. The fourth-order valence-electron chi connectivity index (χ4n) is 1.29. The van der Waals surface area contributed by atoms with Crippen molar-refractivity contribution in [1.82, 2.24) is 20.5 Å². The van der Waals surface area contributed by atoms with Gasteiger partial charge in [-0.25, -0.2) is 0 Å². The molecule has 0 aliphatic heterocycles. The molecule has 0 saturated carbocycles. The van der Waals surface area contributed by atoms with Crippen molar-refractivity contribution in [3.8, 4) is 0 Å². The first kappa shape index (κ1) is 11.0. The van der Waals surface area contributed by atoms with Crippen molar-refractivity contribution in [2.75, 3.05) is 0 Å². The van der Waals surface area contributed by atoms with E-state index < -0.39 is 5.91 Å². The fourth-order valence-corrected chi connectivity index (χ4v) is 1.29. The number of hydrogen-bond acceptors (Lipinski definition) is 4. The lowest BCUT2D eigenvalue weighted by molar-refractivity contribution is 0.0949. The van der Waals surface area contributed by atoms with Gasteiger partial charge in [0.1, 0.15) is 5.56 Å². The molecule has 2 aromatic heterocycles. The summed E-state index contributed by atoms with van der Waals surface area (Å²) in [4.78, 5) is 25.7. The molecule has 0 saturated heterocycles. The van der Waals surface area contributed by atoms with E-state index in [2.05, 4.69) is 20.5 Å². The Labute approximate surface area is 96.7 Å². The van der Waals surface area contributed by atoms with Gasteiger partial charge < -0.3 is 10.3 Å². The normalized spacial score (nSPS) is 9.88. The van der Waals surface area contributed by atoms with Gasteiger partial charge in [-0.2, -0.15) is 10.2 Å². The molecule has 0 aromatic carbocycles. The number of H-pyrrole nitrogens is 1. The first-order valence-corrected chi connectivity index (χ1v) is 4.99. The van der Waals surface area contributed by atoms with Crippen molar-refractivity contribution in [2.45, 2.75) is 6.54 Å². The topological polar surface area (TPSA) is 87.7 Å². The van der Waals surface area contributed by atoms with E-state index in [0.717, 1.165) is 0 Å². The van der Waals surface area contributed by atoms with Crippen LogP contribution in [0.25, 0.3) is 0 Å². The van der Waals surface area contributed by atoms with Gasteiger partial charge in [0.25, 0.3) is 5.91 Å². The second-order valence-corrected chi connectivity index (χ2v) is 3.32. The van der Waals surface area contributed by atoms with Crippen molar-refractivity contribution in [1.29, 1.82) is 0 Å². The number of carbonyl (C=O) groups excluding carboxylic acids is 1. The smallest absolute Gasteiger partial charge is 0.257 e. The van der Waals surface area contributed by atoms with E-state index in [1.54, 1.807) is 18.3 Å². The van der Waals surface area contributed by atoms with Gasteiger partial charge in [-0.1, -0.05) is 0 Å². The zero-order valence-corrected chi connectivity index (χ0v) is 8.88. The van der Waals surface area contributed by atoms with E-state index in [1.165, 1.54) is 18.5 Å². The molecular formula is C11H10N4O2. The van der Waals surface area contributed by atoms with Crippen LogP contribution in [-0.4, -0.2) is 21.1 Å². The Hall–Kier alpha value is -2.50. The summed E-state index contributed by atoms with van der Waals surface area (Å²) in [5.74, 6) is -0.433. The van der Waals surface area contributed by atoms with Crippen molar-refractivity contribution in [3.05, 3.63) is 58.3 Å². The van der Waals surface area contributed by atoms with Gasteiger partial charge in [0.15, 0.2) is 5.43 Å². The lowest BCUT2D eigenvalue weighted by Gasteiger charge is -2.02. The van der Waals surface area contributed by atoms with Gasteiger partial charge in [-0.3, -0.25) is 9.59 Å². The number of nitrogens with one attached hydrogen (secondary N) is 2. The molecular weight excluding hydrogens is 220 g/mol. The average Bonchev–Trinajstić information content (AvgIpc) is 2.38. The second-order valence-electron chi connectivity index (χ2n) is 3.32. The molecule has 2 aromatic rings. The van der Waals surface area contributed by atoms with E-state index >= 15 is 0 Å². The van der Waals surface area contributed by atoms with Crippen LogP contribution in [0.4, 0.5) is 0 Å². The molecule has 1 amide bonds. The Bertz CT molecular complexity index is 565. The molecule has 0 radical (unpaired) electrons. The number of carbonyl (C=O) groups is 1. The van der Waals surface area contributed by atoms with Gasteiger partial charge in [-0.05, 0) is 12.1 Å². The van der Waals surface area contributed by atoms with E-state index in [-0.39, 0.29) is 17.5 Å². The highest BCUT2D eigenvalue weighted by Gasteiger charge is 2.08. The van der Waals surface area contributed by atoms with Crippen LogP contribution in [0.3, 0.4) is 0 Å². The predicted octanol–water partition coefficient (Wildman–Crippen LogP) is 0.0949. The number of aromatic amines is 1. The number of amides is 1. The molecule has 6 heteroatoms. The first-order valence-electron chi connectivity index (χ1n) is 4.99. The summed E-state index contributed by atoms with van der Waals surface area (Å²) in [6.07, 6.45) is 4.39. The van der Waals surface area contributed by atoms with Crippen LogP contribution in [-0.2, 0) is 6.54 Å². The molecule has 6 nitrogen and oxygen atoms in total. The van der Waals surface area contributed by atoms with E-state index in [0.29, 0.717) is 5.69 Å². The summed E-state index contributed by atoms with van der Waals surface area (Å²) < 4.78 is 0. The lowest BCUT2D eigenvalue weighted by Crippen LogP contribution is -2.28. The minimum atomic E-state index is -0.433. The Morgan fingerprint density at radius 1 is 1.41 bits per heavy atom. The van der Waals surface area contributed by atoms with Gasteiger partial charge >= 0.3 is 0 Å². The molecule has 0 bridgehead atoms. The SMILES string of the molecule is O=C(NCc1cccnn1)c1c[nH]ccc1=O. The highest BCUT2D eigenvalue weighted by Crippen LogP contribution is 1.92. The summed E-state index contributed by atoms with van der Waals surface area (Å²) >= 11 is 0. The molecule has 17 heavy (non-hydrogen) atoms. The van der Waals surface area contributed by atoms with E-state index in [9.17, 15) is 9.59 Å². The molecule has 0 spiro atoms. The fraction of sp³-hybridized carbons (Fsp3) is 0.0909. The maximum atomic E-state index is 11.7. The van der Waals surface area contributed by atoms with E-state index in [4.69, 9.17) is 0 Å². The van der Waals surface area contributed by atoms with Crippen molar-refractivity contribution < 1.29 is 4.79 Å². The van der Waals surface area contributed by atoms with Crippen LogP contribution in [0.1, 0.15) is 16.1 Å². The zero-order valence-electron chi connectivity index (χ0n) is 8.88. The lowest BCUT2D eigenvalue weighted by atomic mass is 10.2. The highest BCUT2D eigenvalue weighted by atomic mass is 16.2. The van der Waals surface area contributed by atoms with Crippen LogP contribution >= 0.6 is 0 Å². The standard InChI is InChI=1S/C11H10N4O2/c16-10-3-5-12-7-9(10)11(17)13-6-8-2-1-4-14-15-8/h1-5,7H,6H2,(H,12,16)(H,13,17). The third kappa shape index (κ3) is 2.75. The molecule has 0 aliphatic carbocycles. The predicted molar refractivity (Wildman–Crippen MR) is 60.3 cm³/mol. The molecule has 0 fully saturated rings. The van der Waals surface area contributed by atoms with Crippen LogP contribution < -0.4 is 10.7 Å². The Kier molecular flexibility index (Phi) is 3.25. The summed E-state index contributed by atoms with van der Waals surface area (Å²) in [7, 11) is 0. The molecule has 0 unspecified atom stereocenters. The molecule has 2 N–H and O–H groups in total. The minimum absolute atomic E-state index is 0.0800. The molecule has 86 valence electrons. The monoisotopic (exact) mass is 230 g/mol. The molecule has 0 aliphatic rings.